The number of hydrogen-bond acceptors (Lipinski definition) is 4. The van der Waals surface area contributed by atoms with Crippen molar-refractivity contribution < 1.29 is 14.3 Å². The SMILES string of the molecule is COc1cccc(C(=O)NC2CC3CC[C@H](C2)N3Cc2ccccc2)c1OC. The molecule has 1 amide bonds. The molecule has 0 aromatic heterocycles. The summed E-state index contributed by atoms with van der Waals surface area (Å²) in [6.45, 7) is 1.00. The van der Waals surface area contributed by atoms with E-state index in [9.17, 15) is 4.79 Å². The lowest BCUT2D eigenvalue weighted by atomic mass is 9.96. The zero-order chi connectivity index (χ0) is 19.5. The molecule has 0 spiro atoms. The van der Waals surface area contributed by atoms with E-state index in [4.69, 9.17) is 9.47 Å². The minimum Gasteiger partial charge on any atom is -0.493 e. The Hall–Kier alpha value is -2.53. The maximum atomic E-state index is 12.9. The van der Waals surface area contributed by atoms with Crippen molar-refractivity contribution in [1.82, 2.24) is 10.2 Å². The Labute approximate surface area is 166 Å². The summed E-state index contributed by atoms with van der Waals surface area (Å²) < 4.78 is 10.7. The van der Waals surface area contributed by atoms with Gasteiger partial charge in [-0.15, -0.1) is 0 Å². The topological polar surface area (TPSA) is 50.8 Å². The highest BCUT2D eigenvalue weighted by Crippen LogP contribution is 2.37. The fourth-order valence-corrected chi connectivity index (χ4v) is 4.77. The van der Waals surface area contributed by atoms with E-state index in [2.05, 4.69) is 40.5 Å². The van der Waals surface area contributed by atoms with Gasteiger partial charge in [-0.1, -0.05) is 36.4 Å². The number of fused-ring (bicyclic) bond motifs is 2. The zero-order valence-electron chi connectivity index (χ0n) is 16.6. The molecule has 2 aromatic rings. The van der Waals surface area contributed by atoms with Crippen molar-refractivity contribution in [2.75, 3.05) is 14.2 Å². The first-order chi connectivity index (χ1) is 13.7. The summed E-state index contributed by atoms with van der Waals surface area (Å²) in [5, 5.41) is 3.25. The predicted molar refractivity (Wildman–Crippen MR) is 109 cm³/mol. The summed E-state index contributed by atoms with van der Waals surface area (Å²) in [7, 11) is 3.15. The molecule has 1 N–H and O–H groups in total. The molecular weight excluding hydrogens is 352 g/mol. The normalized spacial score (nSPS) is 24.0. The third kappa shape index (κ3) is 3.72. The second kappa shape index (κ2) is 8.23. The second-order valence-corrected chi connectivity index (χ2v) is 7.73. The Morgan fingerprint density at radius 2 is 1.71 bits per heavy atom. The molecule has 4 rings (SSSR count). The summed E-state index contributed by atoms with van der Waals surface area (Å²) in [5.41, 5.74) is 1.89. The summed E-state index contributed by atoms with van der Waals surface area (Å²) in [5.74, 6) is 0.983. The predicted octanol–water partition coefficient (Wildman–Crippen LogP) is 3.63. The van der Waals surface area contributed by atoms with Gasteiger partial charge in [-0.2, -0.15) is 0 Å². The molecule has 2 unspecified atom stereocenters. The molecule has 2 aliphatic rings. The number of ether oxygens (including phenoxy) is 2. The molecule has 2 saturated heterocycles. The van der Waals surface area contributed by atoms with Gasteiger partial charge < -0.3 is 14.8 Å². The number of nitrogens with one attached hydrogen (secondary N) is 1. The number of piperidine rings is 1. The van der Waals surface area contributed by atoms with Crippen molar-refractivity contribution in [2.24, 2.45) is 0 Å². The Morgan fingerprint density at radius 1 is 1.00 bits per heavy atom. The van der Waals surface area contributed by atoms with Crippen LogP contribution in [0.4, 0.5) is 0 Å². The first-order valence-electron chi connectivity index (χ1n) is 10.0. The summed E-state index contributed by atoms with van der Waals surface area (Å²) in [6, 6.07) is 17.4. The summed E-state index contributed by atoms with van der Waals surface area (Å²) in [4.78, 5) is 15.5. The van der Waals surface area contributed by atoms with Gasteiger partial charge in [0.25, 0.3) is 5.91 Å². The molecule has 0 saturated carbocycles. The number of carbonyl (C=O) groups excluding carboxylic acids is 1. The van der Waals surface area contributed by atoms with E-state index in [1.165, 1.54) is 18.4 Å². The van der Waals surface area contributed by atoms with Gasteiger partial charge in [0, 0.05) is 24.7 Å². The van der Waals surface area contributed by atoms with Crippen molar-refractivity contribution in [3.8, 4) is 11.5 Å². The van der Waals surface area contributed by atoms with Crippen LogP contribution >= 0.6 is 0 Å². The Balaban J connectivity index is 1.42. The number of benzene rings is 2. The monoisotopic (exact) mass is 380 g/mol. The third-order valence-corrected chi connectivity index (χ3v) is 6.08. The Kier molecular flexibility index (Phi) is 5.53. The van der Waals surface area contributed by atoms with Gasteiger partial charge in [-0.25, -0.2) is 0 Å². The first kappa shape index (κ1) is 18.8. The maximum Gasteiger partial charge on any atom is 0.255 e. The van der Waals surface area contributed by atoms with Gasteiger partial charge in [0.2, 0.25) is 0 Å². The number of nitrogens with zero attached hydrogens (tertiary/aromatic N) is 1. The van der Waals surface area contributed by atoms with Crippen molar-refractivity contribution in [3.63, 3.8) is 0 Å². The Bertz CT molecular complexity index is 810. The lowest BCUT2D eigenvalue weighted by Crippen LogP contribution is -2.50. The van der Waals surface area contributed by atoms with Crippen LogP contribution in [0, 0.1) is 0 Å². The van der Waals surface area contributed by atoms with Crippen LogP contribution in [0.15, 0.2) is 48.5 Å². The van der Waals surface area contributed by atoms with E-state index in [1.54, 1.807) is 26.4 Å². The van der Waals surface area contributed by atoms with Gasteiger partial charge >= 0.3 is 0 Å². The van der Waals surface area contributed by atoms with Crippen LogP contribution in [0.3, 0.4) is 0 Å². The van der Waals surface area contributed by atoms with Crippen LogP contribution in [0.1, 0.15) is 41.6 Å². The second-order valence-electron chi connectivity index (χ2n) is 7.73. The fraction of sp³-hybridized carbons (Fsp3) is 0.435. The van der Waals surface area contributed by atoms with Gasteiger partial charge in [-0.3, -0.25) is 9.69 Å². The number of rotatable bonds is 6. The molecule has 2 heterocycles. The van der Waals surface area contributed by atoms with Crippen LogP contribution in [0.25, 0.3) is 0 Å². The minimum absolute atomic E-state index is 0.0864. The van der Waals surface area contributed by atoms with E-state index in [0.717, 1.165) is 19.4 Å². The molecule has 5 heteroatoms. The number of hydrogen-bond donors (Lipinski definition) is 1. The van der Waals surface area contributed by atoms with Gasteiger partial charge in [-0.05, 0) is 43.4 Å². The van der Waals surface area contributed by atoms with Gasteiger partial charge in [0.15, 0.2) is 11.5 Å². The zero-order valence-corrected chi connectivity index (χ0v) is 16.6. The molecule has 2 fully saturated rings. The highest BCUT2D eigenvalue weighted by molar-refractivity contribution is 5.98. The number of methoxy groups -OCH3 is 2. The van der Waals surface area contributed by atoms with E-state index in [-0.39, 0.29) is 11.9 Å². The molecule has 28 heavy (non-hydrogen) atoms. The van der Waals surface area contributed by atoms with E-state index < -0.39 is 0 Å². The largest absolute Gasteiger partial charge is 0.493 e. The highest BCUT2D eigenvalue weighted by Gasteiger charge is 2.41. The van der Waals surface area contributed by atoms with Crippen molar-refractivity contribution in [3.05, 3.63) is 59.7 Å². The summed E-state index contributed by atoms with van der Waals surface area (Å²) >= 11 is 0. The van der Waals surface area contributed by atoms with Gasteiger partial charge in [0.1, 0.15) is 0 Å². The average Bonchev–Trinajstić information content (AvgIpc) is 2.96. The molecule has 0 aliphatic carbocycles. The molecule has 148 valence electrons. The molecule has 5 nitrogen and oxygen atoms in total. The summed E-state index contributed by atoms with van der Waals surface area (Å²) in [6.07, 6.45) is 4.43. The maximum absolute atomic E-state index is 12.9. The first-order valence-corrected chi connectivity index (χ1v) is 10.0. The lowest BCUT2D eigenvalue weighted by Gasteiger charge is -2.39. The van der Waals surface area contributed by atoms with Crippen LogP contribution in [-0.4, -0.2) is 43.2 Å². The van der Waals surface area contributed by atoms with Crippen molar-refractivity contribution >= 4 is 5.91 Å². The minimum atomic E-state index is -0.0864. The lowest BCUT2D eigenvalue weighted by molar-refractivity contribution is 0.0825. The molecule has 2 aliphatic heterocycles. The molecule has 2 bridgehead atoms. The number of amides is 1. The third-order valence-electron chi connectivity index (χ3n) is 6.08. The molecule has 2 aromatic carbocycles. The highest BCUT2D eigenvalue weighted by atomic mass is 16.5. The van der Waals surface area contributed by atoms with Crippen LogP contribution in [0.2, 0.25) is 0 Å². The van der Waals surface area contributed by atoms with E-state index in [1.807, 2.05) is 6.07 Å². The molecular formula is C23H28N2O3. The van der Waals surface area contributed by atoms with E-state index >= 15 is 0 Å². The standard InChI is InChI=1S/C23H28N2O3/c1-27-21-10-6-9-20(22(21)28-2)23(26)24-17-13-18-11-12-19(14-17)25(18)15-16-7-4-3-5-8-16/h3-10,17-19H,11-15H2,1-2H3,(H,24,26)/t17?,18-,19?/m1/s1. The number of carbonyl (C=O) groups is 1. The van der Waals surface area contributed by atoms with Crippen LogP contribution in [-0.2, 0) is 6.54 Å². The molecule has 0 radical (unpaired) electrons. The van der Waals surface area contributed by atoms with Crippen molar-refractivity contribution in [2.45, 2.75) is 50.4 Å². The van der Waals surface area contributed by atoms with Crippen molar-refractivity contribution in [1.29, 1.82) is 0 Å². The average molecular weight is 380 g/mol. The Morgan fingerprint density at radius 3 is 2.36 bits per heavy atom. The fourth-order valence-electron chi connectivity index (χ4n) is 4.77. The van der Waals surface area contributed by atoms with Gasteiger partial charge in [0.05, 0.1) is 19.8 Å². The smallest absolute Gasteiger partial charge is 0.255 e. The number of para-hydroxylation sites is 1. The molecule has 3 atom stereocenters. The van der Waals surface area contributed by atoms with Crippen LogP contribution in [0.5, 0.6) is 11.5 Å². The van der Waals surface area contributed by atoms with Crippen LogP contribution < -0.4 is 14.8 Å². The quantitative estimate of drug-likeness (QED) is 0.831. The van der Waals surface area contributed by atoms with E-state index in [0.29, 0.717) is 29.1 Å².